The second-order valence-corrected chi connectivity index (χ2v) is 8.90. The summed E-state index contributed by atoms with van der Waals surface area (Å²) in [6, 6.07) is 0. The van der Waals surface area contributed by atoms with Gasteiger partial charge in [0.2, 0.25) is 0 Å². The van der Waals surface area contributed by atoms with E-state index in [1.807, 2.05) is 27.7 Å². The fourth-order valence-corrected chi connectivity index (χ4v) is 2.22. The van der Waals surface area contributed by atoms with Crippen LogP contribution in [-0.4, -0.2) is 69.3 Å². The third kappa shape index (κ3) is 28.4. The zero-order valence-electron chi connectivity index (χ0n) is 20.3. The molecule has 7 heteroatoms. The fraction of sp³-hybridized carbons (Fsp3) is 1.00. The minimum atomic E-state index is -0.387. The molecule has 0 aliphatic heterocycles. The average molecular weight is 512 g/mol. The normalized spacial score (nSPS) is 17.2. The van der Waals surface area contributed by atoms with Crippen LogP contribution in [0.5, 0.6) is 0 Å². The first-order chi connectivity index (χ1) is 12.6. The van der Waals surface area contributed by atoms with E-state index in [-0.39, 0.29) is 67.9 Å². The molecule has 0 rings (SSSR count). The predicted molar refractivity (Wildman–Crippen MR) is 116 cm³/mol. The van der Waals surface area contributed by atoms with Crippen molar-refractivity contribution < 1.29 is 49.7 Å². The molecule has 0 amide bonds. The Morgan fingerprint density at radius 3 is 0.862 bits per heavy atom. The summed E-state index contributed by atoms with van der Waals surface area (Å²) in [6.07, 6.45) is 0.149. The van der Waals surface area contributed by atoms with Crippen LogP contribution in [0.25, 0.3) is 0 Å². The molecule has 0 aromatic rings. The molecule has 6 nitrogen and oxygen atoms in total. The van der Waals surface area contributed by atoms with Gasteiger partial charge < -0.3 is 30.3 Å². The van der Waals surface area contributed by atoms with Crippen molar-refractivity contribution in [2.24, 2.45) is 17.8 Å². The van der Waals surface area contributed by atoms with E-state index in [2.05, 4.69) is 13.8 Å². The summed E-state index contributed by atoms with van der Waals surface area (Å²) in [7, 11) is 1.69. The van der Waals surface area contributed by atoms with Crippen LogP contribution in [0.3, 0.4) is 0 Å². The summed E-state index contributed by atoms with van der Waals surface area (Å²) < 4.78 is 5.16. The van der Waals surface area contributed by atoms with E-state index in [4.69, 9.17) is 30.3 Å². The zero-order chi connectivity index (χ0) is 23.0. The van der Waals surface area contributed by atoms with Crippen LogP contribution in [0, 0.1) is 17.8 Å². The van der Waals surface area contributed by atoms with Gasteiger partial charge in [0.05, 0.1) is 36.6 Å². The molecule has 0 spiro atoms. The molecule has 0 aromatic heterocycles. The summed E-state index contributed by atoms with van der Waals surface area (Å²) in [5.74, 6) is 0.985. The van der Waals surface area contributed by atoms with Crippen molar-refractivity contribution in [2.75, 3.05) is 7.11 Å². The van der Waals surface area contributed by atoms with Gasteiger partial charge in [-0.25, -0.2) is 0 Å². The maximum absolute atomic E-state index is 9.14. The summed E-state index contributed by atoms with van der Waals surface area (Å²) in [4.78, 5) is 0. The van der Waals surface area contributed by atoms with Gasteiger partial charge in [0, 0.05) is 26.6 Å². The smallest absolute Gasteiger partial charge is 0.0618 e. The van der Waals surface area contributed by atoms with Gasteiger partial charge in [0.25, 0.3) is 0 Å². The topological polar surface area (TPSA) is 110 Å². The molecule has 0 heterocycles. The van der Waals surface area contributed by atoms with Gasteiger partial charge in [-0.3, -0.25) is 0 Å². The van der Waals surface area contributed by atoms with E-state index in [1.165, 1.54) is 0 Å². The molecular formula is C22H50O6Ru. The van der Waals surface area contributed by atoms with Gasteiger partial charge in [-0.2, -0.15) is 0 Å². The summed E-state index contributed by atoms with van der Waals surface area (Å²) >= 11 is 0. The van der Waals surface area contributed by atoms with Crippen molar-refractivity contribution in [2.45, 2.75) is 118 Å². The van der Waals surface area contributed by atoms with Crippen molar-refractivity contribution in [1.82, 2.24) is 0 Å². The molecule has 0 aliphatic rings. The van der Waals surface area contributed by atoms with Crippen LogP contribution in [0.4, 0.5) is 0 Å². The Morgan fingerprint density at radius 1 is 0.517 bits per heavy atom. The first-order valence-electron chi connectivity index (χ1n) is 10.6. The van der Waals surface area contributed by atoms with Gasteiger partial charge in [-0.1, -0.05) is 41.5 Å². The summed E-state index contributed by atoms with van der Waals surface area (Å²) in [5.41, 5.74) is 0. The van der Waals surface area contributed by atoms with E-state index < -0.39 is 0 Å². The quantitative estimate of drug-likeness (QED) is 0.289. The van der Waals surface area contributed by atoms with Crippen LogP contribution >= 0.6 is 0 Å². The third-order valence-corrected chi connectivity index (χ3v) is 4.32. The minimum absolute atomic E-state index is 0. The largest absolute Gasteiger partial charge is 0.393 e. The second-order valence-electron chi connectivity index (χ2n) is 8.90. The molecule has 29 heavy (non-hydrogen) atoms. The maximum atomic E-state index is 9.14. The standard InChI is InChI=1S/C8H18O2.2C7H16O2.Ru/c1-6(2)8(10-4)5-7(3)9;2*1-5(2)7(9)4-6(3)8;/h6-9H,5H2,1-4H3;2*5-9H,4H2,1-3H3;. The molecule has 6 atom stereocenters. The number of hydrogen-bond donors (Lipinski definition) is 5. The Labute approximate surface area is 192 Å². The van der Waals surface area contributed by atoms with Crippen LogP contribution < -0.4 is 0 Å². The summed E-state index contributed by atoms with van der Waals surface area (Å²) in [5, 5.41) is 44.9. The van der Waals surface area contributed by atoms with Crippen LogP contribution in [0.15, 0.2) is 0 Å². The van der Waals surface area contributed by atoms with E-state index in [0.717, 1.165) is 6.42 Å². The molecular weight excluding hydrogens is 461 g/mol. The van der Waals surface area contributed by atoms with E-state index in [1.54, 1.807) is 27.9 Å². The SMILES string of the molecule is CC(O)CC(O)C(C)C.CC(O)CC(O)C(C)C.COC(CC(C)O)C(C)C.[Ru]. The second kappa shape index (κ2) is 21.6. The van der Waals surface area contributed by atoms with Crippen molar-refractivity contribution >= 4 is 0 Å². The monoisotopic (exact) mass is 512 g/mol. The van der Waals surface area contributed by atoms with Gasteiger partial charge >= 0.3 is 0 Å². The number of aliphatic hydroxyl groups excluding tert-OH is 5. The summed E-state index contributed by atoms with van der Waals surface area (Å²) in [6.45, 7) is 17.1. The Kier molecular flexibility index (Phi) is 27.4. The van der Waals surface area contributed by atoms with Gasteiger partial charge in [-0.05, 0) is 57.8 Å². The van der Waals surface area contributed by atoms with Crippen molar-refractivity contribution in [3.05, 3.63) is 0 Å². The molecule has 0 aliphatic carbocycles. The number of methoxy groups -OCH3 is 1. The number of rotatable bonds is 10. The molecule has 0 aromatic carbocycles. The van der Waals surface area contributed by atoms with Gasteiger partial charge in [0.1, 0.15) is 0 Å². The fourth-order valence-electron chi connectivity index (χ4n) is 2.22. The first kappa shape index (κ1) is 36.7. The number of ether oxygens (including phenoxy) is 1. The van der Waals surface area contributed by atoms with Crippen molar-refractivity contribution in [1.29, 1.82) is 0 Å². The molecule has 0 bridgehead atoms. The molecule has 5 N–H and O–H groups in total. The Bertz CT molecular complexity index is 302. The van der Waals surface area contributed by atoms with Crippen molar-refractivity contribution in [3.8, 4) is 0 Å². The molecule has 0 saturated heterocycles. The molecule has 6 unspecified atom stereocenters. The van der Waals surface area contributed by atoms with Gasteiger partial charge in [0.15, 0.2) is 0 Å². The van der Waals surface area contributed by atoms with Crippen LogP contribution in [0.2, 0.25) is 0 Å². The van der Waals surface area contributed by atoms with Crippen LogP contribution in [-0.2, 0) is 24.2 Å². The third-order valence-electron chi connectivity index (χ3n) is 4.32. The van der Waals surface area contributed by atoms with E-state index in [9.17, 15) is 0 Å². The number of hydrogen-bond acceptors (Lipinski definition) is 6. The average Bonchev–Trinajstić information content (AvgIpc) is 2.51. The predicted octanol–water partition coefficient (Wildman–Crippen LogP) is 2.97. The maximum Gasteiger partial charge on any atom is 0.0618 e. The molecule has 0 fully saturated rings. The van der Waals surface area contributed by atoms with Gasteiger partial charge in [-0.15, -0.1) is 0 Å². The first-order valence-corrected chi connectivity index (χ1v) is 10.6. The van der Waals surface area contributed by atoms with Crippen LogP contribution in [0.1, 0.15) is 81.6 Å². The minimum Gasteiger partial charge on any atom is -0.393 e. The Balaban J connectivity index is -0.000000159. The Hall–Kier alpha value is 0.383. The van der Waals surface area contributed by atoms with E-state index >= 15 is 0 Å². The number of aliphatic hydroxyl groups is 5. The zero-order valence-corrected chi connectivity index (χ0v) is 22.1. The molecule has 0 saturated carbocycles. The molecule has 182 valence electrons. The van der Waals surface area contributed by atoms with Crippen molar-refractivity contribution in [3.63, 3.8) is 0 Å². The Morgan fingerprint density at radius 2 is 0.793 bits per heavy atom. The molecule has 0 radical (unpaired) electrons. The van der Waals surface area contributed by atoms with E-state index in [0.29, 0.717) is 18.8 Å².